The number of hydrogen-bond acceptors (Lipinski definition) is 8. The summed E-state index contributed by atoms with van der Waals surface area (Å²) in [4.78, 5) is 21.3. The van der Waals surface area contributed by atoms with Crippen LogP contribution in [0.5, 0.6) is 0 Å². The number of morpholine rings is 2. The van der Waals surface area contributed by atoms with Gasteiger partial charge in [-0.1, -0.05) is 0 Å². The Kier molecular flexibility index (Phi) is 6.09. The van der Waals surface area contributed by atoms with Crippen LogP contribution >= 0.6 is 0 Å². The highest BCUT2D eigenvalue weighted by atomic mass is 19.1. The molecular weight excluding hydrogens is 477 g/mol. The van der Waals surface area contributed by atoms with Crippen LogP contribution in [0.25, 0.3) is 11.1 Å². The van der Waals surface area contributed by atoms with E-state index in [-0.39, 0.29) is 18.1 Å². The lowest BCUT2D eigenvalue weighted by molar-refractivity contribution is -0.133. The fraction of sp³-hybridized carbons (Fsp3) is 0.385. The van der Waals surface area contributed by atoms with E-state index in [9.17, 15) is 4.79 Å². The Bertz CT molecular complexity index is 1330. The molecule has 0 saturated carbocycles. The smallest absolute Gasteiger partial charge is 0.256 e. The maximum atomic E-state index is 15.8. The molecule has 3 N–H and O–H groups in total. The summed E-state index contributed by atoms with van der Waals surface area (Å²) in [6, 6.07) is 8.47. The predicted molar refractivity (Wildman–Crippen MR) is 137 cm³/mol. The van der Waals surface area contributed by atoms with Crippen molar-refractivity contribution in [1.82, 2.24) is 15.2 Å². The molecule has 11 heteroatoms. The fourth-order valence-corrected chi connectivity index (χ4v) is 5.29. The van der Waals surface area contributed by atoms with E-state index in [0.29, 0.717) is 72.6 Å². The Balaban J connectivity index is 1.42. The number of aromatic amines is 1. The van der Waals surface area contributed by atoms with Gasteiger partial charge in [0.05, 0.1) is 38.1 Å². The van der Waals surface area contributed by atoms with E-state index in [1.165, 1.54) is 12.3 Å². The number of anilines is 4. The third-order valence-corrected chi connectivity index (χ3v) is 7.19. The van der Waals surface area contributed by atoms with Gasteiger partial charge in [-0.2, -0.15) is 5.10 Å². The molecule has 37 heavy (non-hydrogen) atoms. The van der Waals surface area contributed by atoms with Crippen molar-refractivity contribution >= 4 is 35.3 Å². The van der Waals surface area contributed by atoms with Crippen LogP contribution in [0.15, 0.2) is 36.5 Å². The van der Waals surface area contributed by atoms with Crippen LogP contribution in [0.1, 0.15) is 25.3 Å². The minimum atomic E-state index is -0.480. The average molecular weight is 506 g/mol. The van der Waals surface area contributed by atoms with Gasteiger partial charge in [0.1, 0.15) is 29.4 Å². The molecule has 3 saturated heterocycles. The first-order valence-corrected chi connectivity index (χ1v) is 12.4. The van der Waals surface area contributed by atoms with Crippen LogP contribution in [0.2, 0.25) is 0 Å². The molecule has 1 aromatic carbocycles. The minimum Gasteiger partial charge on any atom is -0.377 e. The molecule has 2 aromatic heterocycles. The molecule has 3 fully saturated rings. The van der Waals surface area contributed by atoms with Gasteiger partial charge in [0.15, 0.2) is 0 Å². The summed E-state index contributed by atoms with van der Waals surface area (Å²) in [5, 5.41) is 18.2. The Hall–Kier alpha value is -3.83. The molecule has 5 heterocycles. The Morgan fingerprint density at radius 2 is 2.14 bits per heavy atom. The van der Waals surface area contributed by atoms with Crippen molar-refractivity contribution in [2.75, 3.05) is 41.4 Å². The Morgan fingerprint density at radius 1 is 1.24 bits per heavy atom. The normalized spacial score (nSPS) is 23.4. The summed E-state index contributed by atoms with van der Waals surface area (Å²) in [5.74, 6) is 1.06. The number of nitrogens with one attached hydrogen (secondary N) is 3. The second-order valence-electron chi connectivity index (χ2n) is 9.58. The monoisotopic (exact) mass is 505 g/mol. The van der Waals surface area contributed by atoms with E-state index in [1.54, 1.807) is 29.3 Å². The average Bonchev–Trinajstić information content (AvgIpc) is 3.56. The maximum absolute atomic E-state index is 15.8. The number of halogens is 1. The molecule has 0 spiro atoms. The van der Waals surface area contributed by atoms with Crippen LogP contribution in [0, 0.1) is 11.2 Å². The number of ether oxygens (including phenoxy) is 2. The summed E-state index contributed by atoms with van der Waals surface area (Å²) < 4.78 is 27.1. The summed E-state index contributed by atoms with van der Waals surface area (Å²) in [6.07, 6.45) is 3.87. The number of pyridine rings is 1. The Labute approximate surface area is 213 Å². The van der Waals surface area contributed by atoms with Crippen molar-refractivity contribution < 1.29 is 18.7 Å². The van der Waals surface area contributed by atoms with Crippen molar-refractivity contribution in [2.24, 2.45) is 0 Å². The van der Waals surface area contributed by atoms with E-state index in [1.807, 2.05) is 6.07 Å². The number of fused-ring (bicyclic) bond motifs is 2. The highest BCUT2D eigenvalue weighted by Crippen LogP contribution is 2.37. The number of nitrogens with zero attached hydrogens (tertiary/aromatic N) is 4. The van der Waals surface area contributed by atoms with Crippen LogP contribution < -0.4 is 15.1 Å². The van der Waals surface area contributed by atoms with Gasteiger partial charge in [0.25, 0.3) is 5.91 Å². The summed E-state index contributed by atoms with van der Waals surface area (Å²) in [7, 11) is 0. The van der Waals surface area contributed by atoms with E-state index < -0.39 is 11.9 Å². The highest BCUT2D eigenvalue weighted by molar-refractivity contribution is 5.99. The lowest BCUT2D eigenvalue weighted by atomic mass is 9.99. The second-order valence-corrected chi connectivity index (χ2v) is 9.58. The van der Waals surface area contributed by atoms with Crippen LogP contribution in [-0.2, 0) is 14.3 Å². The third-order valence-electron chi connectivity index (χ3n) is 7.19. The number of aromatic nitrogens is 3. The number of carbonyl (C=O) groups is 1. The first kappa shape index (κ1) is 23.6. The van der Waals surface area contributed by atoms with Gasteiger partial charge < -0.3 is 30.0 Å². The highest BCUT2D eigenvalue weighted by Gasteiger charge is 2.41. The van der Waals surface area contributed by atoms with E-state index in [4.69, 9.17) is 19.9 Å². The van der Waals surface area contributed by atoms with Gasteiger partial charge in [-0.15, -0.1) is 0 Å². The minimum absolute atomic E-state index is 0.00987. The standard InChI is InChI=1S/C26H28FN7O3/c1-15-14-36-9-8-33(15)24-11-19(20(12-28)25(31-24)30-23-6-7-29-32-23)18-4-2-16(10-21(18)27)34-13-17-3-5-22(37-17)26(34)35/h2,4,6-7,10-12,15,17,22,28H,3,5,8-9,13-14H2,1H3,(H2,29,30,31,32)/t15-,17?,22?/m1/s1. The molecule has 1 amide bonds. The van der Waals surface area contributed by atoms with Gasteiger partial charge >= 0.3 is 0 Å². The van der Waals surface area contributed by atoms with E-state index >= 15 is 4.39 Å². The zero-order valence-corrected chi connectivity index (χ0v) is 20.4. The second kappa shape index (κ2) is 9.56. The SMILES string of the molecule is C[C@@H]1COCCN1c1cc(-c2ccc(N3CC4CCC(O4)C3=O)cc2F)c(C=N)c(Nc2ccn[nH]2)n1. The summed E-state index contributed by atoms with van der Waals surface area (Å²) in [5.41, 5.74) is 1.79. The lowest BCUT2D eigenvalue weighted by Gasteiger charge is -2.35. The number of hydrogen-bond donors (Lipinski definition) is 3. The van der Waals surface area contributed by atoms with Gasteiger partial charge in [0.2, 0.25) is 0 Å². The van der Waals surface area contributed by atoms with Crippen molar-refractivity contribution in [3.05, 3.63) is 47.9 Å². The topological polar surface area (TPSA) is 119 Å². The molecule has 6 rings (SSSR count). The molecule has 192 valence electrons. The number of benzene rings is 1. The molecular formula is C26H28FN7O3. The Morgan fingerprint density at radius 3 is 2.89 bits per heavy atom. The zero-order valence-electron chi connectivity index (χ0n) is 20.4. The van der Waals surface area contributed by atoms with E-state index in [2.05, 4.69) is 27.3 Å². The largest absolute Gasteiger partial charge is 0.377 e. The van der Waals surface area contributed by atoms with Gasteiger partial charge in [0, 0.05) is 41.2 Å². The molecule has 3 aromatic rings. The fourth-order valence-electron chi connectivity index (χ4n) is 5.29. The molecule has 3 aliphatic heterocycles. The van der Waals surface area contributed by atoms with Crippen molar-refractivity contribution in [1.29, 1.82) is 5.41 Å². The predicted octanol–water partition coefficient (Wildman–Crippen LogP) is 3.47. The summed E-state index contributed by atoms with van der Waals surface area (Å²) in [6.45, 7) is 4.24. The zero-order chi connectivity index (χ0) is 25.5. The number of H-pyrrole nitrogens is 1. The molecule has 3 atom stereocenters. The van der Waals surface area contributed by atoms with E-state index in [0.717, 1.165) is 6.42 Å². The molecule has 3 aliphatic rings. The van der Waals surface area contributed by atoms with Crippen molar-refractivity contribution in [2.45, 2.75) is 38.0 Å². The third kappa shape index (κ3) is 4.34. The van der Waals surface area contributed by atoms with Crippen molar-refractivity contribution in [3.8, 4) is 11.1 Å². The molecule has 0 aliphatic carbocycles. The van der Waals surface area contributed by atoms with Crippen LogP contribution in [0.3, 0.4) is 0 Å². The van der Waals surface area contributed by atoms with Crippen LogP contribution in [0.4, 0.5) is 27.5 Å². The quantitative estimate of drug-likeness (QED) is 0.439. The lowest BCUT2D eigenvalue weighted by Crippen LogP contribution is -2.47. The van der Waals surface area contributed by atoms with Gasteiger partial charge in [-0.25, -0.2) is 9.37 Å². The molecule has 2 unspecified atom stereocenters. The molecule has 2 bridgehead atoms. The molecule has 0 radical (unpaired) electrons. The first-order valence-electron chi connectivity index (χ1n) is 12.4. The van der Waals surface area contributed by atoms with Gasteiger partial charge in [-0.05, 0) is 44.0 Å². The first-order chi connectivity index (χ1) is 18.0. The molecule has 10 nitrogen and oxygen atoms in total. The van der Waals surface area contributed by atoms with Gasteiger partial charge in [-0.3, -0.25) is 9.89 Å². The number of carbonyl (C=O) groups excluding carboxylic acids is 1. The summed E-state index contributed by atoms with van der Waals surface area (Å²) >= 11 is 0. The number of amides is 1. The number of rotatable bonds is 6. The van der Waals surface area contributed by atoms with Crippen LogP contribution in [-0.4, -0.2) is 71.9 Å². The maximum Gasteiger partial charge on any atom is 0.256 e. The van der Waals surface area contributed by atoms with Crippen molar-refractivity contribution in [3.63, 3.8) is 0 Å².